The molecule has 0 amide bonds. The Morgan fingerprint density at radius 3 is 1.70 bits per heavy atom. The zero-order valence-electron chi connectivity index (χ0n) is 12.5. The van der Waals surface area contributed by atoms with Crippen LogP contribution in [-0.2, 0) is 0 Å². The van der Waals surface area contributed by atoms with Crippen molar-refractivity contribution in [3.05, 3.63) is 82.4 Å². The molecule has 4 heteroatoms. The van der Waals surface area contributed by atoms with Crippen molar-refractivity contribution in [2.75, 3.05) is 13.1 Å². The second kappa shape index (κ2) is 6.86. The standard InChI is InChI=1S/C19H17F2NO/c20-17-7-3-1-5-13(17)9-15-11-22-12-16(19(15)23)10-14-6-2-4-8-18(14)21/h1-10,19,22-23H,11-12H2. The van der Waals surface area contributed by atoms with Gasteiger partial charge >= 0.3 is 0 Å². The first kappa shape index (κ1) is 15.6. The highest BCUT2D eigenvalue weighted by Gasteiger charge is 2.21. The number of halogens is 2. The Kier molecular flexibility index (Phi) is 4.65. The molecule has 0 aromatic heterocycles. The van der Waals surface area contributed by atoms with Crippen LogP contribution in [0.2, 0.25) is 0 Å². The Morgan fingerprint density at radius 1 is 0.826 bits per heavy atom. The van der Waals surface area contributed by atoms with Gasteiger partial charge in [-0.1, -0.05) is 36.4 Å². The summed E-state index contributed by atoms with van der Waals surface area (Å²) in [4.78, 5) is 0. The zero-order chi connectivity index (χ0) is 16.2. The van der Waals surface area contributed by atoms with Crippen LogP contribution in [0.4, 0.5) is 8.78 Å². The topological polar surface area (TPSA) is 32.3 Å². The molecule has 2 aromatic rings. The molecule has 0 saturated carbocycles. The van der Waals surface area contributed by atoms with Gasteiger partial charge in [0.15, 0.2) is 0 Å². The quantitative estimate of drug-likeness (QED) is 0.891. The number of rotatable bonds is 2. The van der Waals surface area contributed by atoms with Crippen LogP contribution in [0.3, 0.4) is 0 Å². The first-order valence-electron chi connectivity index (χ1n) is 7.44. The lowest BCUT2D eigenvalue weighted by molar-refractivity contribution is 0.233. The first-order chi connectivity index (χ1) is 11.1. The highest BCUT2D eigenvalue weighted by molar-refractivity contribution is 5.62. The minimum Gasteiger partial charge on any atom is -0.384 e. The monoisotopic (exact) mass is 313 g/mol. The molecule has 2 nitrogen and oxygen atoms in total. The van der Waals surface area contributed by atoms with E-state index in [4.69, 9.17) is 0 Å². The summed E-state index contributed by atoms with van der Waals surface area (Å²) < 4.78 is 27.5. The predicted octanol–water partition coefficient (Wildman–Crippen LogP) is 3.40. The maximum atomic E-state index is 13.8. The zero-order valence-corrected chi connectivity index (χ0v) is 12.5. The summed E-state index contributed by atoms with van der Waals surface area (Å²) in [6.45, 7) is 0.925. The minimum atomic E-state index is -0.851. The van der Waals surface area contributed by atoms with Gasteiger partial charge in [-0.2, -0.15) is 0 Å². The van der Waals surface area contributed by atoms with Crippen molar-refractivity contribution in [3.8, 4) is 0 Å². The molecule has 2 N–H and O–H groups in total. The van der Waals surface area contributed by atoms with Crippen LogP contribution < -0.4 is 5.32 Å². The van der Waals surface area contributed by atoms with Gasteiger partial charge in [0.25, 0.3) is 0 Å². The van der Waals surface area contributed by atoms with Gasteiger partial charge < -0.3 is 10.4 Å². The Bertz CT molecular complexity index is 704. The molecule has 1 aliphatic heterocycles. The van der Waals surface area contributed by atoms with Gasteiger partial charge in [-0.15, -0.1) is 0 Å². The molecular weight excluding hydrogens is 296 g/mol. The number of aliphatic hydroxyl groups excluding tert-OH is 1. The van der Waals surface area contributed by atoms with E-state index in [-0.39, 0.29) is 11.6 Å². The molecule has 3 rings (SSSR count). The molecule has 1 aliphatic rings. The minimum absolute atomic E-state index is 0.336. The molecule has 0 bridgehead atoms. The summed E-state index contributed by atoms with van der Waals surface area (Å²) in [6, 6.07) is 12.8. The highest BCUT2D eigenvalue weighted by Crippen LogP contribution is 2.23. The molecule has 1 heterocycles. The van der Waals surface area contributed by atoms with E-state index in [9.17, 15) is 13.9 Å². The lowest BCUT2D eigenvalue weighted by atomic mass is 9.94. The van der Waals surface area contributed by atoms with Gasteiger partial charge in [-0.05, 0) is 35.4 Å². The molecule has 23 heavy (non-hydrogen) atoms. The number of benzene rings is 2. The van der Waals surface area contributed by atoms with E-state index in [0.717, 1.165) is 0 Å². The molecule has 1 saturated heterocycles. The fraction of sp³-hybridized carbons (Fsp3) is 0.158. The maximum Gasteiger partial charge on any atom is 0.130 e. The van der Waals surface area contributed by atoms with E-state index < -0.39 is 6.10 Å². The number of nitrogens with one attached hydrogen (secondary N) is 1. The molecule has 1 fully saturated rings. The molecule has 2 aromatic carbocycles. The summed E-state index contributed by atoms with van der Waals surface area (Å²) in [5.41, 5.74) is 2.17. The highest BCUT2D eigenvalue weighted by atomic mass is 19.1. The van der Waals surface area contributed by atoms with Crippen molar-refractivity contribution in [2.24, 2.45) is 0 Å². The fourth-order valence-corrected chi connectivity index (χ4v) is 2.63. The van der Waals surface area contributed by atoms with Crippen molar-refractivity contribution in [1.82, 2.24) is 5.32 Å². The van der Waals surface area contributed by atoms with E-state index in [2.05, 4.69) is 5.32 Å². The van der Waals surface area contributed by atoms with Gasteiger partial charge in [0.05, 0.1) is 6.10 Å². The smallest absolute Gasteiger partial charge is 0.130 e. The van der Waals surface area contributed by atoms with Crippen LogP contribution in [0.1, 0.15) is 11.1 Å². The van der Waals surface area contributed by atoms with Gasteiger partial charge in [-0.3, -0.25) is 0 Å². The average molecular weight is 313 g/mol. The number of hydrogen-bond acceptors (Lipinski definition) is 2. The summed E-state index contributed by atoms with van der Waals surface area (Å²) in [7, 11) is 0. The summed E-state index contributed by atoms with van der Waals surface area (Å²) >= 11 is 0. The molecule has 0 atom stereocenters. The van der Waals surface area contributed by atoms with E-state index in [1.807, 2.05) is 0 Å². The molecule has 118 valence electrons. The van der Waals surface area contributed by atoms with Crippen molar-refractivity contribution >= 4 is 12.2 Å². The van der Waals surface area contributed by atoms with Crippen LogP contribution in [-0.4, -0.2) is 24.3 Å². The number of hydrogen-bond donors (Lipinski definition) is 2. The third-order valence-corrected chi connectivity index (χ3v) is 3.85. The van der Waals surface area contributed by atoms with Gasteiger partial charge in [0.1, 0.15) is 11.6 Å². The molecule has 0 spiro atoms. The Balaban J connectivity index is 1.91. The van der Waals surface area contributed by atoms with Crippen molar-refractivity contribution in [3.63, 3.8) is 0 Å². The molecular formula is C19H17F2NO. The lowest BCUT2D eigenvalue weighted by Gasteiger charge is -2.25. The normalized spacial score (nSPS) is 21.8. The van der Waals surface area contributed by atoms with Gasteiger partial charge in [-0.25, -0.2) is 8.78 Å². The van der Waals surface area contributed by atoms with Crippen LogP contribution >= 0.6 is 0 Å². The number of aliphatic hydroxyl groups is 1. The molecule has 0 radical (unpaired) electrons. The summed E-state index contributed by atoms with van der Waals surface area (Å²) in [6.07, 6.45) is 2.43. The summed E-state index contributed by atoms with van der Waals surface area (Å²) in [5, 5.41) is 13.7. The van der Waals surface area contributed by atoms with Crippen molar-refractivity contribution < 1.29 is 13.9 Å². The van der Waals surface area contributed by atoms with E-state index in [1.165, 1.54) is 12.1 Å². The Morgan fingerprint density at radius 2 is 1.26 bits per heavy atom. The molecule has 0 unspecified atom stereocenters. The Hall–Kier alpha value is -2.30. The average Bonchev–Trinajstić information content (AvgIpc) is 2.55. The lowest BCUT2D eigenvalue weighted by Crippen LogP contribution is -2.35. The van der Waals surface area contributed by atoms with Crippen LogP contribution in [0.5, 0.6) is 0 Å². The fourth-order valence-electron chi connectivity index (χ4n) is 2.63. The predicted molar refractivity (Wildman–Crippen MR) is 87.6 cm³/mol. The second-order valence-corrected chi connectivity index (χ2v) is 5.49. The maximum absolute atomic E-state index is 13.8. The van der Waals surface area contributed by atoms with Crippen LogP contribution in [0.15, 0.2) is 59.7 Å². The second-order valence-electron chi connectivity index (χ2n) is 5.49. The van der Waals surface area contributed by atoms with E-state index in [0.29, 0.717) is 35.4 Å². The van der Waals surface area contributed by atoms with Gasteiger partial charge in [0.2, 0.25) is 0 Å². The third-order valence-electron chi connectivity index (χ3n) is 3.85. The number of piperidine rings is 1. The van der Waals surface area contributed by atoms with E-state index >= 15 is 0 Å². The van der Waals surface area contributed by atoms with Gasteiger partial charge in [0, 0.05) is 24.2 Å². The Labute approximate surface area is 133 Å². The van der Waals surface area contributed by atoms with E-state index in [1.54, 1.807) is 48.6 Å². The largest absolute Gasteiger partial charge is 0.384 e. The van der Waals surface area contributed by atoms with Crippen LogP contribution in [0, 0.1) is 11.6 Å². The van der Waals surface area contributed by atoms with Crippen LogP contribution in [0.25, 0.3) is 12.2 Å². The third kappa shape index (κ3) is 3.55. The van der Waals surface area contributed by atoms with Crippen molar-refractivity contribution in [2.45, 2.75) is 6.10 Å². The summed E-state index contributed by atoms with van der Waals surface area (Å²) in [5.74, 6) is -0.671. The molecule has 0 aliphatic carbocycles. The SMILES string of the molecule is OC1C(=Cc2ccccc2F)CNCC1=Cc1ccccc1F. The van der Waals surface area contributed by atoms with Crippen molar-refractivity contribution in [1.29, 1.82) is 0 Å². The first-order valence-corrected chi connectivity index (χ1v) is 7.44.